The van der Waals surface area contributed by atoms with Crippen molar-refractivity contribution in [2.24, 2.45) is 0 Å². The first kappa shape index (κ1) is 28.1. The lowest BCUT2D eigenvalue weighted by molar-refractivity contribution is 0.168. The van der Waals surface area contributed by atoms with Gasteiger partial charge in [0.05, 0.1) is 24.7 Å². The molecule has 37 heavy (non-hydrogen) atoms. The minimum Gasteiger partial charge on any atom is -0.453 e. The van der Waals surface area contributed by atoms with Gasteiger partial charge in [-0.1, -0.05) is 11.6 Å². The number of ether oxygens (including phenoxy) is 1. The lowest BCUT2D eigenvalue weighted by atomic mass is 10.0. The number of nitrogens with one attached hydrogen (secondary N) is 3. The van der Waals surface area contributed by atoms with Gasteiger partial charge in [0.2, 0.25) is 16.0 Å². The number of anilines is 2. The molecule has 1 atom stereocenters. The number of sulfonamides is 1. The first-order valence-corrected chi connectivity index (χ1v) is 13.5. The van der Waals surface area contributed by atoms with Gasteiger partial charge in [0.15, 0.2) is 5.82 Å². The van der Waals surface area contributed by atoms with Crippen LogP contribution in [0.4, 0.5) is 20.8 Å². The first-order valence-electron chi connectivity index (χ1n) is 11.3. The number of aromatic nitrogens is 4. The van der Waals surface area contributed by atoms with Crippen LogP contribution in [0.2, 0.25) is 5.02 Å². The van der Waals surface area contributed by atoms with E-state index in [1.807, 2.05) is 20.8 Å². The topological polar surface area (TPSA) is 140 Å². The average molecular weight is 554 g/mol. The minimum absolute atomic E-state index is 0.0106. The van der Waals surface area contributed by atoms with Gasteiger partial charge in [0, 0.05) is 47.2 Å². The first-order chi connectivity index (χ1) is 17.3. The van der Waals surface area contributed by atoms with E-state index in [-0.39, 0.29) is 40.0 Å². The molecule has 0 saturated carbocycles. The van der Waals surface area contributed by atoms with E-state index in [4.69, 9.17) is 11.6 Å². The highest BCUT2D eigenvalue weighted by Gasteiger charge is 2.23. The van der Waals surface area contributed by atoms with Crippen molar-refractivity contribution >= 4 is 39.4 Å². The SMILES string of the molecule is COC(=O)N[C@@H](C)CNc1ncc(C)c(-c2cn(C(C)C)nc2-c2cc(Cl)cc(NS(C)(=O)=O)c2F)n1. The van der Waals surface area contributed by atoms with Gasteiger partial charge < -0.3 is 15.4 Å². The van der Waals surface area contributed by atoms with Gasteiger partial charge in [-0.25, -0.2) is 27.6 Å². The molecule has 1 amide bonds. The Morgan fingerprint density at radius 3 is 2.54 bits per heavy atom. The summed E-state index contributed by atoms with van der Waals surface area (Å²) in [6, 6.07) is 2.24. The van der Waals surface area contributed by atoms with E-state index in [1.54, 1.807) is 24.0 Å². The summed E-state index contributed by atoms with van der Waals surface area (Å²) in [4.78, 5) is 20.3. The molecule has 0 fully saturated rings. The summed E-state index contributed by atoms with van der Waals surface area (Å²) in [6.45, 7) is 7.75. The molecular weight excluding hydrogens is 525 g/mol. The van der Waals surface area contributed by atoms with Crippen LogP contribution in [0.3, 0.4) is 0 Å². The van der Waals surface area contributed by atoms with Crippen LogP contribution < -0.4 is 15.4 Å². The van der Waals surface area contributed by atoms with Crippen molar-refractivity contribution in [1.82, 2.24) is 25.1 Å². The second-order valence-corrected chi connectivity index (χ2v) is 11.0. The average Bonchev–Trinajstić information content (AvgIpc) is 3.25. The largest absolute Gasteiger partial charge is 0.453 e. The Kier molecular flexibility index (Phi) is 8.59. The maximum atomic E-state index is 15.6. The molecule has 0 aliphatic rings. The number of halogens is 2. The predicted molar refractivity (Wildman–Crippen MR) is 141 cm³/mol. The lowest BCUT2D eigenvalue weighted by Crippen LogP contribution is -2.37. The summed E-state index contributed by atoms with van der Waals surface area (Å²) in [7, 11) is -2.48. The Bertz CT molecular complexity index is 1410. The van der Waals surface area contributed by atoms with Crippen LogP contribution in [-0.4, -0.2) is 60.2 Å². The molecule has 0 unspecified atom stereocenters. The molecule has 0 bridgehead atoms. The highest BCUT2D eigenvalue weighted by molar-refractivity contribution is 7.92. The Labute approximate surface area is 219 Å². The molecule has 14 heteroatoms. The molecule has 0 aliphatic heterocycles. The number of rotatable bonds is 9. The van der Waals surface area contributed by atoms with Gasteiger partial charge in [0.1, 0.15) is 5.69 Å². The van der Waals surface area contributed by atoms with E-state index < -0.39 is 21.9 Å². The number of amides is 1. The van der Waals surface area contributed by atoms with Crippen molar-refractivity contribution in [2.45, 2.75) is 39.8 Å². The van der Waals surface area contributed by atoms with Gasteiger partial charge in [-0.3, -0.25) is 9.40 Å². The predicted octanol–water partition coefficient (Wildman–Crippen LogP) is 4.22. The van der Waals surface area contributed by atoms with Crippen molar-refractivity contribution in [3.8, 4) is 22.5 Å². The van der Waals surface area contributed by atoms with Crippen molar-refractivity contribution < 1.29 is 22.3 Å². The van der Waals surface area contributed by atoms with Crippen molar-refractivity contribution in [3.63, 3.8) is 0 Å². The Hall–Kier alpha value is -3.45. The monoisotopic (exact) mass is 553 g/mol. The highest BCUT2D eigenvalue weighted by atomic mass is 35.5. The lowest BCUT2D eigenvalue weighted by Gasteiger charge is -2.15. The van der Waals surface area contributed by atoms with Gasteiger partial charge in [-0.05, 0) is 45.4 Å². The van der Waals surface area contributed by atoms with Gasteiger partial charge in [0.25, 0.3) is 0 Å². The summed E-state index contributed by atoms with van der Waals surface area (Å²) >= 11 is 6.23. The van der Waals surface area contributed by atoms with E-state index in [2.05, 4.69) is 35.2 Å². The third-order valence-corrected chi connectivity index (χ3v) is 6.00. The van der Waals surface area contributed by atoms with Crippen LogP contribution in [0, 0.1) is 12.7 Å². The van der Waals surface area contributed by atoms with Gasteiger partial charge >= 0.3 is 6.09 Å². The van der Waals surface area contributed by atoms with Crippen LogP contribution in [0.1, 0.15) is 32.4 Å². The third kappa shape index (κ3) is 7.07. The fourth-order valence-electron chi connectivity index (χ4n) is 3.42. The maximum Gasteiger partial charge on any atom is 0.407 e. The zero-order chi connectivity index (χ0) is 27.5. The van der Waals surface area contributed by atoms with Crippen LogP contribution >= 0.6 is 11.6 Å². The molecule has 0 saturated heterocycles. The molecule has 200 valence electrons. The molecule has 2 heterocycles. The van der Waals surface area contributed by atoms with E-state index >= 15 is 4.39 Å². The maximum absolute atomic E-state index is 15.6. The standard InChI is InChI=1S/C23H29ClFN7O4S/c1-12(2)32-11-17(20-13(3)9-26-22(29-20)27-10-14(4)28-23(33)36-5)21(30-32)16-7-15(24)8-18(19(16)25)31-37(6,34)35/h7-9,11-12,14,31H,10H2,1-6H3,(H,28,33)(H,26,27,29)/t14-/m0/s1. The number of nitrogens with zero attached hydrogens (tertiary/aromatic N) is 4. The van der Waals surface area contributed by atoms with E-state index in [0.717, 1.165) is 6.26 Å². The van der Waals surface area contributed by atoms with E-state index in [1.165, 1.54) is 19.2 Å². The number of aryl methyl sites for hydroxylation is 1. The number of hydrogen-bond acceptors (Lipinski definition) is 8. The molecule has 3 rings (SSSR count). The zero-order valence-electron chi connectivity index (χ0n) is 21.3. The van der Waals surface area contributed by atoms with Crippen molar-refractivity contribution in [2.75, 3.05) is 29.9 Å². The normalized spacial score (nSPS) is 12.4. The number of benzene rings is 1. The van der Waals surface area contributed by atoms with Crippen molar-refractivity contribution in [1.29, 1.82) is 0 Å². The molecule has 0 radical (unpaired) electrons. The summed E-state index contributed by atoms with van der Waals surface area (Å²) in [5.74, 6) is -0.536. The number of methoxy groups -OCH3 is 1. The fraction of sp³-hybridized carbons (Fsp3) is 0.391. The summed E-state index contributed by atoms with van der Waals surface area (Å²) in [5.41, 5.74) is 1.65. The summed E-state index contributed by atoms with van der Waals surface area (Å²) in [5, 5.41) is 10.4. The Morgan fingerprint density at radius 1 is 1.22 bits per heavy atom. The van der Waals surface area contributed by atoms with Crippen molar-refractivity contribution in [3.05, 3.63) is 40.9 Å². The van der Waals surface area contributed by atoms with Crippen LogP contribution in [0.25, 0.3) is 22.5 Å². The van der Waals surface area contributed by atoms with Gasteiger partial charge in [-0.15, -0.1) is 0 Å². The molecular formula is C23H29ClFN7O4S. The number of hydrogen-bond donors (Lipinski definition) is 3. The highest BCUT2D eigenvalue weighted by Crippen LogP contribution is 2.38. The van der Waals surface area contributed by atoms with Crippen LogP contribution in [-0.2, 0) is 14.8 Å². The molecule has 0 spiro atoms. The molecule has 11 nitrogen and oxygen atoms in total. The second kappa shape index (κ2) is 11.3. The van der Waals surface area contributed by atoms with E-state index in [9.17, 15) is 13.2 Å². The number of alkyl carbamates (subject to hydrolysis) is 1. The fourth-order valence-corrected chi connectivity index (χ4v) is 4.19. The second-order valence-electron chi connectivity index (χ2n) is 8.80. The molecule has 3 aromatic rings. The summed E-state index contributed by atoms with van der Waals surface area (Å²) in [6.07, 6.45) is 3.72. The van der Waals surface area contributed by atoms with Gasteiger partial charge in [-0.2, -0.15) is 5.10 Å². The van der Waals surface area contributed by atoms with Crippen LogP contribution in [0.15, 0.2) is 24.5 Å². The quantitative estimate of drug-likeness (QED) is 0.358. The smallest absolute Gasteiger partial charge is 0.407 e. The Balaban J connectivity index is 2.08. The van der Waals surface area contributed by atoms with Crippen LogP contribution in [0.5, 0.6) is 0 Å². The molecule has 1 aromatic carbocycles. The third-order valence-electron chi connectivity index (χ3n) is 5.19. The Morgan fingerprint density at radius 2 is 1.92 bits per heavy atom. The minimum atomic E-state index is -3.76. The molecule has 2 aromatic heterocycles. The number of carbonyl (C=O) groups excluding carboxylic acids is 1. The zero-order valence-corrected chi connectivity index (χ0v) is 22.8. The summed E-state index contributed by atoms with van der Waals surface area (Å²) < 4.78 is 47.5. The molecule has 3 N–H and O–H groups in total. The molecule has 0 aliphatic carbocycles. The van der Waals surface area contributed by atoms with E-state index in [0.29, 0.717) is 23.4 Å². The number of carbonyl (C=O) groups is 1.